The number of alkyl halides is 3. The van der Waals surface area contributed by atoms with Crippen molar-refractivity contribution in [2.45, 2.75) is 19.5 Å². The van der Waals surface area contributed by atoms with E-state index in [9.17, 15) is 18.0 Å². The van der Waals surface area contributed by atoms with Crippen molar-refractivity contribution in [1.29, 1.82) is 0 Å². The Balaban J connectivity index is 2.03. The standard InChI is InChI=1S/C17H15F3O3/c1-2-22-14-5-3-4-6-15(14)23-16(21)11-12-7-9-13(10-8-12)17(18,19)20/h3-10H,2,11H2,1H3. The Labute approximate surface area is 131 Å². The molecule has 0 aromatic heterocycles. The summed E-state index contributed by atoms with van der Waals surface area (Å²) in [5, 5.41) is 0. The topological polar surface area (TPSA) is 35.5 Å². The van der Waals surface area contributed by atoms with Gasteiger partial charge in [-0.05, 0) is 36.8 Å². The molecule has 3 nitrogen and oxygen atoms in total. The third-order valence-corrected chi connectivity index (χ3v) is 3.00. The summed E-state index contributed by atoms with van der Waals surface area (Å²) in [6, 6.07) is 11.1. The zero-order valence-electron chi connectivity index (χ0n) is 12.4. The molecule has 0 aliphatic carbocycles. The number of para-hydroxylation sites is 2. The molecule has 2 rings (SSSR count). The van der Waals surface area contributed by atoms with E-state index >= 15 is 0 Å². The van der Waals surface area contributed by atoms with E-state index in [4.69, 9.17) is 9.47 Å². The Morgan fingerprint density at radius 1 is 1.00 bits per heavy atom. The van der Waals surface area contributed by atoms with Gasteiger partial charge in [0.05, 0.1) is 18.6 Å². The number of carbonyl (C=O) groups excluding carboxylic acids is 1. The number of hydrogen-bond acceptors (Lipinski definition) is 3. The summed E-state index contributed by atoms with van der Waals surface area (Å²) in [6.45, 7) is 2.23. The minimum Gasteiger partial charge on any atom is -0.490 e. The molecular weight excluding hydrogens is 309 g/mol. The predicted molar refractivity (Wildman–Crippen MR) is 78.4 cm³/mol. The van der Waals surface area contributed by atoms with Crippen LogP contribution in [0.4, 0.5) is 13.2 Å². The van der Waals surface area contributed by atoms with Gasteiger partial charge in [-0.2, -0.15) is 13.2 Å². The normalized spacial score (nSPS) is 11.1. The molecule has 0 amide bonds. The van der Waals surface area contributed by atoms with Crippen LogP contribution in [-0.4, -0.2) is 12.6 Å². The molecule has 122 valence electrons. The van der Waals surface area contributed by atoms with E-state index in [1.54, 1.807) is 31.2 Å². The first-order valence-corrected chi connectivity index (χ1v) is 6.99. The second kappa shape index (κ2) is 7.17. The summed E-state index contributed by atoms with van der Waals surface area (Å²) < 4.78 is 48.0. The SMILES string of the molecule is CCOc1ccccc1OC(=O)Cc1ccc(C(F)(F)F)cc1. The van der Waals surface area contributed by atoms with Crippen molar-refractivity contribution in [2.75, 3.05) is 6.61 Å². The van der Waals surface area contributed by atoms with E-state index in [1.807, 2.05) is 0 Å². The smallest absolute Gasteiger partial charge is 0.416 e. The Hall–Kier alpha value is -2.50. The molecule has 23 heavy (non-hydrogen) atoms. The number of ether oxygens (including phenoxy) is 2. The van der Waals surface area contributed by atoms with Gasteiger partial charge < -0.3 is 9.47 Å². The van der Waals surface area contributed by atoms with Crippen LogP contribution in [0.5, 0.6) is 11.5 Å². The molecule has 0 bridgehead atoms. The lowest BCUT2D eigenvalue weighted by Crippen LogP contribution is -2.12. The molecule has 6 heteroatoms. The van der Waals surface area contributed by atoms with Crippen LogP contribution in [-0.2, 0) is 17.4 Å². The molecule has 0 heterocycles. The van der Waals surface area contributed by atoms with Crippen molar-refractivity contribution in [3.8, 4) is 11.5 Å². The zero-order valence-corrected chi connectivity index (χ0v) is 12.4. The van der Waals surface area contributed by atoms with Crippen molar-refractivity contribution in [2.24, 2.45) is 0 Å². The Morgan fingerprint density at radius 2 is 1.61 bits per heavy atom. The average Bonchev–Trinajstić information content (AvgIpc) is 2.49. The predicted octanol–water partition coefficient (Wildman–Crippen LogP) is 4.25. The van der Waals surface area contributed by atoms with Gasteiger partial charge in [-0.1, -0.05) is 24.3 Å². The first kappa shape index (κ1) is 16.9. The van der Waals surface area contributed by atoms with Crippen LogP contribution in [0.1, 0.15) is 18.1 Å². The number of hydrogen-bond donors (Lipinski definition) is 0. The minimum absolute atomic E-state index is 0.126. The first-order chi connectivity index (χ1) is 10.9. The van der Waals surface area contributed by atoms with Crippen molar-refractivity contribution < 1.29 is 27.4 Å². The monoisotopic (exact) mass is 324 g/mol. The van der Waals surface area contributed by atoms with Crippen molar-refractivity contribution >= 4 is 5.97 Å². The van der Waals surface area contributed by atoms with Crippen LogP contribution < -0.4 is 9.47 Å². The van der Waals surface area contributed by atoms with E-state index in [0.717, 1.165) is 12.1 Å². The van der Waals surface area contributed by atoms with E-state index in [-0.39, 0.29) is 12.2 Å². The fourth-order valence-electron chi connectivity index (χ4n) is 1.95. The van der Waals surface area contributed by atoms with E-state index in [0.29, 0.717) is 17.9 Å². The highest BCUT2D eigenvalue weighted by Gasteiger charge is 2.30. The number of halogens is 3. The Kier molecular flexibility index (Phi) is 5.26. The van der Waals surface area contributed by atoms with Gasteiger partial charge in [-0.25, -0.2) is 0 Å². The third-order valence-electron chi connectivity index (χ3n) is 3.00. The molecule has 0 saturated carbocycles. The molecule has 0 unspecified atom stereocenters. The molecule has 0 N–H and O–H groups in total. The van der Waals surface area contributed by atoms with Crippen LogP contribution >= 0.6 is 0 Å². The molecule has 0 radical (unpaired) electrons. The van der Waals surface area contributed by atoms with Gasteiger partial charge in [0.25, 0.3) is 0 Å². The molecule has 0 spiro atoms. The summed E-state index contributed by atoms with van der Waals surface area (Å²) in [6.07, 6.45) is -4.52. The van der Waals surface area contributed by atoms with Gasteiger partial charge >= 0.3 is 12.1 Å². The average molecular weight is 324 g/mol. The van der Waals surface area contributed by atoms with Crippen LogP contribution in [0.15, 0.2) is 48.5 Å². The van der Waals surface area contributed by atoms with Gasteiger partial charge in [0.1, 0.15) is 0 Å². The Morgan fingerprint density at radius 3 is 2.17 bits per heavy atom. The van der Waals surface area contributed by atoms with Gasteiger partial charge in [0.2, 0.25) is 0 Å². The summed E-state index contributed by atoms with van der Waals surface area (Å²) in [5.41, 5.74) is -0.312. The van der Waals surface area contributed by atoms with Gasteiger partial charge in [-0.15, -0.1) is 0 Å². The van der Waals surface area contributed by atoms with Crippen molar-refractivity contribution in [1.82, 2.24) is 0 Å². The summed E-state index contributed by atoms with van der Waals surface area (Å²) >= 11 is 0. The molecule has 0 fully saturated rings. The quantitative estimate of drug-likeness (QED) is 0.609. The van der Waals surface area contributed by atoms with Crippen LogP contribution in [0.3, 0.4) is 0 Å². The second-order valence-electron chi connectivity index (χ2n) is 4.73. The molecule has 0 saturated heterocycles. The highest BCUT2D eigenvalue weighted by Crippen LogP contribution is 2.29. The lowest BCUT2D eigenvalue weighted by Gasteiger charge is -2.10. The van der Waals surface area contributed by atoms with Gasteiger partial charge in [0.15, 0.2) is 11.5 Å². The van der Waals surface area contributed by atoms with Gasteiger partial charge in [0, 0.05) is 0 Å². The molecule has 0 aliphatic rings. The number of benzene rings is 2. The molecule has 2 aromatic rings. The summed E-state index contributed by atoms with van der Waals surface area (Å²) in [7, 11) is 0. The molecule has 2 aromatic carbocycles. The Bertz CT molecular complexity index is 664. The van der Waals surface area contributed by atoms with E-state index < -0.39 is 17.7 Å². The fraction of sp³-hybridized carbons (Fsp3) is 0.235. The van der Waals surface area contributed by atoms with Crippen molar-refractivity contribution in [3.63, 3.8) is 0 Å². The largest absolute Gasteiger partial charge is 0.490 e. The molecule has 0 atom stereocenters. The van der Waals surface area contributed by atoms with Crippen LogP contribution in [0.25, 0.3) is 0 Å². The maximum Gasteiger partial charge on any atom is 0.416 e. The highest BCUT2D eigenvalue weighted by atomic mass is 19.4. The lowest BCUT2D eigenvalue weighted by molar-refractivity contribution is -0.137. The first-order valence-electron chi connectivity index (χ1n) is 6.99. The number of rotatable bonds is 5. The van der Waals surface area contributed by atoms with Crippen LogP contribution in [0.2, 0.25) is 0 Å². The summed E-state index contributed by atoms with van der Waals surface area (Å²) in [5.74, 6) is 0.152. The summed E-state index contributed by atoms with van der Waals surface area (Å²) in [4.78, 5) is 11.9. The van der Waals surface area contributed by atoms with Crippen LogP contribution in [0, 0.1) is 0 Å². The number of carbonyl (C=O) groups is 1. The van der Waals surface area contributed by atoms with Crippen molar-refractivity contribution in [3.05, 3.63) is 59.7 Å². The fourth-order valence-corrected chi connectivity index (χ4v) is 1.95. The van der Waals surface area contributed by atoms with E-state index in [2.05, 4.69) is 0 Å². The highest BCUT2D eigenvalue weighted by molar-refractivity contribution is 5.75. The van der Waals surface area contributed by atoms with Gasteiger partial charge in [-0.3, -0.25) is 4.79 Å². The third kappa shape index (κ3) is 4.74. The molecular formula is C17H15F3O3. The maximum atomic E-state index is 12.5. The lowest BCUT2D eigenvalue weighted by atomic mass is 10.1. The number of esters is 1. The van der Waals surface area contributed by atoms with E-state index in [1.165, 1.54) is 12.1 Å². The molecule has 0 aliphatic heterocycles. The second-order valence-corrected chi connectivity index (χ2v) is 4.73. The zero-order chi connectivity index (χ0) is 16.9. The minimum atomic E-state index is -4.39. The maximum absolute atomic E-state index is 12.5.